The van der Waals surface area contributed by atoms with Crippen LogP contribution in [0.5, 0.6) is 0 Å². The molecule has 1 atom stereocenters. The Balaban J connectivity index is 2.18. The first-order chi connectivity index (χ1) is 9.73. The number of nitrogens with one attached hydrogen (secondary N) is 1. The number of aliphatic hydroxyl groups is 2. The minimum Gasteiger partial charge on any atom is -0.394 e. The third-order valence-electron chi connectivity index (χ3n) is 3.63. The van der Waals surface area contributed by atoms with Crippen molar-refractivity contribution in [2.24, 2.45) is 0 Å². The van der Waals surface area contributed by atoms with Gasteiger partial charge in [-0.05, 0) is 29.3 Å². The number of aliphatic hydroxyl groups excluding tert-OH is 2. The van der Waals surface area contributed by atoms with E-state index in [2.05, 4.69) is 34.3 Å². The molecule has 110 valence electrons. The number of hydrogen-bond donors (Lipinski definition) is 3. The van der Waals surface area contributed by atoms with E-state index in [1.807, 2.05) is 13.0 Å². The molecule has 3 N–H and O–H groups in total. The van der Waals surface area contributed by atoms with Crippen molar-refractivity contribution in [3.05, 3.63) is 44.8 Å². The van der Waals surface area contributed by atoms with Gasteiger partial charge in [-0.1, -0.05) is 19.1 Å². The van der Waals surface area contributed by atoms with Crippen molar-refractivity contribution in [3.63, 3.8) is 0 Å². The van der Waals surface area contributed by atoms with Crippen molar-refractivity contribution in [1.29, 1.82) is 0 Å². The summed E-state index contributed by atoms with van der Waals surface area (Å²) in [6, 6.07) is 8.43. The fraction of sp³-hybridized carbons (Fsp3) is 0.467. The van der Waals surface area contributed by atoms with Crippen LogP contribution in [0.1, 0.15) is 29.1 Å². The minimum absolute atomic E-state index is 0.0632. The monoisotopic (exact) mass is 311 g/mol. The molecule has 0 saturated heterocycles. The fourth-order valence-corrected chi connectivity index (χ4v) is 3.71. The van der Waals surface area contributed by atoms with Gasteiger partial charge in [-0.2, -0.15) is 0 Å². The van der Waals surface area contributed by atoms with Gasteiger partial charge in [-0.15, -0.1) is 22.7 Å². The first-order valence-corrected chi connectivity index (χ1v) is 8.54. The van der Waals surface area contributed by atoms with E-state index in [-0.39, 0.29) is 19.3 Å². The van der Waals surface area contributed by atoms with Crippen LogP contribution in [-0.4, -0.2) is 29.0 Å². The number of thiophene rings is 2. The largest absolute Gasteiger partial charge is 0.394 e. The molecular formula is C15H21NO2S2. The van der Waals surface area contributed by atoms with Gasteiger partial charge in [-0.3, -0.25) is 5.32 Å². The Morgan fingerprint density at radius 3 is 2.35 bits per heavy atom. The van der Waals surface area contributed by atoms with Crippen molar-refractivity contribution in [1.82, 2.24) is 5.32 Å². The van der Waals surface area contributed by atoms with Crippen molar-refractivity contribution >= 4 is 22.7 Å². The van der Waals surface area contributed by atoms with E-state index in [1.54, 1.807) is 22.7 Å². The van der Waals surface area contributed by atoms with Gasteiger partial charge in [0.1, 0.15) is 0 Å². The average Bonchev–Trinajstić information content (AvgIpc) is 3.16. The van der Waals surface area contributed by atoms with Gasteiger partial charge in [0.05, 0.1) is 18.8 Å². The molecule has 20 heavy (non-hydrogen) atoms. The lowest BCUT2D eigenvalue weighted by Crippen LogP contribution is -2.52. The second-order valence-corrected chi connectivity index (χ2v) is 6.96. The Kier molecular flexibility index (Phi) is 5.74. The van der Waals surface area contributed by atoms with E-state index in [9.17, 15) is 10.2 Å². The van der Waals surface area contributed by atoms with Crippen LogP contribution in [0, 0.1) is 0 Å². The Morgan fingerprint density at radius 2 is 1.85 bits per heavy atom. The van der Waals surface area contributed by atoms with Crippen LogP contribution in [0.15, 0.2) is 35.0 Å². The second kappa shape index (κ2) is 7.33. The molecule has 0 spiro atoms. The van der Waals surface area contributed by atoms with E-state index < -0.39 is 5.54 Å². The molecular weight excluding hydrogens is 290 g/mol. The normalized spacial score (nSPS) is 13.6. The lowest BCUT2D eigenvalue weighted by molar-refractivity contribution is 0.0778. The predicted octanol–water partition coefficient (Wildman–Crippen LogP) is 2.82. The first kappa shape index (κ1) is 15.7. The number of hydrogen-bond acceptors (Lipinski definition) is 5. The van der Waals surface area contributed by atoms with Crippen LogP contribution in [0.25, 0.3) is 0 Å². The molecule has 0 fully saturated rings. The van der Waals surface area contributed by atoms with Gasteiger partial charge in [0.25, 0.3) is 0 Å². The van der Waals surface area contributed by atoms with Crippen LogP contribution in [-0.2, 0) is 6.42 Å². The highest BCUT2D eigenvalue weighted by Crippen LogP contribution is 2.27. The summed E-state index contributed by atoms with van der Waals surface area (Å²) >= 11 is 3.44. The minimum atomic E-state index is -0.619. The zero-order valence-electron chi connectivity index (χ0n) is 11.6. The Morgan fingerprint density at radius 1 is 1.15 bits per heavy atom. The SMILES string of the molecule is CCC(CO)(CO)NC(Cc1cccs1)c1cccs1. The molecule has 2 aromatic rings. The third-order valence-corrected chi connectivity index (χ3v) is 5.52. The van der Waals surface area contributed by atoms with Crippen molar-refractivity contribution in [2.75, 3.05) is 13.2 Å². The van der Waals surface area contributed by atoms with E-state index in [0.717, 1.165) is 6.42 Å². The first-order valence-electron chi connectivity index (χ1n) is 6.78. The molecule has 2 rings (SSSR count). The molecule has 0 aromatic carbocycles. The van der Waals surface area contributed by atoms with E-state index in [0.29, 0.717) is 6.42 Å². The molecule has 3 nitrogen and oxygen atoms in total. The third kappa shape index (κ3) is 3.68. The maximum absolute atomic E-state index is 9.63. The van der Waals surface area contributed by atoms with Crippen molar-refractivity contribution in [3.8, 4) is 0 Å². The quantitative estimate of drug-likeness (QED) is 0.702. The summed E-state index contributed by atoms with van der Waals surface area (Å²) in [6.45, 7) is 1.86. The van der Waals surface area contributed by atoms with Crippen molar-refractivity contribution in [2.45, 2.75) is 31.3 Å². The van der Waals surface area contributed by atoms with Crippen LogP contribution in [0.2, 0.25) is 0 Å². The van der Waals surface area contributed by atoms with E-state index in [4.69, 9.17) is 0 Å². The Labute approximate surface area is 127 Å². The molecule has 2 aromatic heterocycles. The predicted molar refractivity (Wildman–Crippen MR) is 85.4 cm³/mol. The second-order valence-electron chi connectivity index (χ2n) is 4.95. The highest BCUT2D eigenvalue weighted by atomic mass is 32.1. The lowest BCUT2D eigenvalue weighted by atomic mass is 9.95. The zero-order chi connectivity index (χ0) is 14.4. The zero-order valence-corrected chi connectivity index (χ0v) is 13.2. The number of rotatable bonds is 8. The highest BCUT2D eigenvalue weighted by molar-refractivity contribution is 7.10. The van der Waals surface area contributed by atoms with Gasteiger partial charge < -0.3 is 10.2 Å². The fourth-order valence-electron chi connectivity index (χ4n) is 2.18. The Bertz CT molecular complexity index is 470. The molecule has 1 unspecified atom stereocenters. The van der Waals surface area contributed by atoms with Gasteiger partial charge >= 0.3 is 0 Å². The van der Waals surface area contributed by atoms with Crippen LogP contribution >= 0.6 is 22.7 Å². The van der Waals surface area contributed by atoms with Gasteiger partial charge in [-0.25, -0.2) is 0 Å². The summed E-state index contributed by atoms with van der Waals surface area (Å²) in [5, 5.41) is 26.9. The molecule has 0 bridgehead atoms. The molecule has 5 heteroatoms. The summed E-state index contributed by atoms with van der Waals surface area (Å²) in [7, 11) is 0. The topological polar surface area (TPSA) is 52.5 Å². The van der Waals surface area contributed by atoms with E-state index in [1.165, 1.54) is 9.75 Å². The van der Waals surface area contributed by atoms with Gasteiger partial charge in [0.2, 0.25) is 0 Å². The standard InChI is InChI=1S/C15H21NO2S2/c1-2-15(10-17,11-18)16-13(14-6-4-8-20-14)9-12-5-3-7-19-12/h3-8,13,16-18H,2,9-11H2,1H3. The molecule has 0 aliphatic carbocycles. The van der Waals surface area contributed by atoms with Gasteiger partial charge in [0, 0.05) is 22.2 Å². The van der Waals surface area contributed by atoms with Gasteiger partial charge in [0.15, 0.2) is 0 Å². The molecule has 0 amide bonds. The summed E-state index contributed by atoms with van der Waals surface area (Å²) in [5.74, 6) is 0. The summed E-state index contributed by atoms with van der Waals surface area (Å²) < 4.78 is 0. The molecule has 0 radical (unpaired) electrons. The molecule has 2 heterocycles. The van der Waals surface area contributed by atoms with Crippen LogP contribution < -0.4 is 5.32 Å². The lowest BCUT2D eigenvalue weighted by Gasteiger charge is -2.34. The van der Waals surface area contributed by atoms with Crippen molar-refractivity contribution < 1.29 is 10.2 Å². The maximum Gasteiger partial charge on any atom is 0.0650 e. The van der Waals surface area contributed by atoms with Crippen LogP contribution in [0.4, 0.5) is 0 Å². The molecule has 0 saturated carbocycles. The van der Waals surface area contributed by atoms with Crippen LogP contribution in [0.3, 0.4) is 0 Å². The molecule has 0 aliphatic rings. The Hall–Kier alpha value is -0.720. The smallest absolute Gasteiger partial charge is 0.0650 e. The highest BCUT2D eigenvalue weighted by Gasteiger charge is 2.30. The summed E-state index contributed by atoms with van der Waals surface area (Å²) in [4.78, 5) is 2.54. The molecule has 0 aliphatic heterocycles. The summed E-state index contributed by atoms with van der Waals surface area (Å²) in [6.07, 6.45) is 1.56. The van der Waals surface area contributed by atoms with E-state index >= 15 is 0 Å². The average molecular weight is 311 g/mol. The maximum atomic E-state index is 9.63. The summed E-state index contributed by atoms with van der Waals surface area (Å²) in [5.41, 5.74) is -0.619.